The third-order valence-electron chi connectivity index (χ3n) is 4.15. The molecule has 0 spiro atoms. The minimum Gasteiger partial charge on any atom is -0.352 e. The Labute approximate surface area is 168 Å². The van der Waals surface area contributed by atoms with Gasteiger partial charge in [0.2, 0.25) is 11.1 Å². The summed E-state index contributed by atoms with van der Waals surface area (Å²) < 4.78 is 14.2. The van der Waals surface area contributed by atoms with Gasteiger partial charge in [0.05, 0.1) is 0 Å². The van der Waals surface area contributed by atoms with Crippen LogP contribution in [0.1, 0.15) is 23.7 Å². The summed E-state index contributed by atoms with van der Waals surface area (Å²) in [4.78, 5) is 17.2. The number of rotatable bonds is 6. The first kappa shape index (κ1) is 18.2. The van der Waals surface area contributed by atoms with Gasteiger partial charge >= 0.3 is 0 Å². The van der Waals surface area contributed by atoms with Gasteiger partial charge in [0.15, 0.2) is 5.82 Å². The number of thioether (sulfide) groups is 1. The third-order valence-corrected chi connectivity index (χ3v) is 5.96. The summed E-state index contributed by atoms with van der Waals surface area (Å²) >= 11 is 4.74. The second kappa shape index (κ2) is 7.82. The molecule has 138 valence electrons. The van der Waals surface area contributed by atoms with E-state index in [-0.39, 0.29) is 17.8 Å². The van der Waals surface area contributed by atoms with Crippen molar-refractivity contribution in [2.75, 3.05) is 0 Å². The molecule has 0 bridgehead atoms. The van der Waals surface area contributed by atoms with E-state index >= 15 is 0 Å². The van der Waals surface area contributed by atoms with Crippen LogP contribution < -0.4 is 5.32 Å². The van der Waals surface area contributed by atoms with Gasteiger partial charge in [-0.25, -0.2) is 9.37 Å². The van der Waals surface area contributed by atoms with Crippen molar-refractivity contribution in [1.29, 1.82) is 0 Å². The van der Waals surface area contributed by atoms with Crippen molar-refractivity contribution in [3.05, 3.63) is 64.4 Å². The fourth-order valence-electron chi connectivity index (χ4n) is 2.59. The highest BCUT2D eigenvalue weighted by Crippen LogP contribution is 2.36. The molecule has 1 amide bonds. The predicted molar refractivity (Wildman–Crippen MR) is 106 cm³/mol. The van der Waals surface area contributed by atoms with Crippen molar-refractivity contribution in [3.63, 3.8) is 0 Å². The maximum atomic E-state index is 13.3. The lowest BCUT2D eigenvalue weighted by atomic mass is 10.1. The van der Waals surface area contributed by atoms with Gasteiger partial charge in [0, 0.05) is 16.1 Å². The standard InChI is InChI=1S/C19H16BrFN4OS/c20-15-4-2-1-3-14(15)17-23-19(25-24-17)27-16(18(26)22-13-9-10-13)11-5-7-12(21)8-6-11/h1-8,13,16H,9-10H2,(H,22,26)(H,23,24,25). The first-order valence-electron chi connectivity index (χ1n) is 8.50. The normalized spacial score (nSPS) is 14.7. The summed E-state index contributed by atoms with van der Waals surface area (Å²) in [5, 5.41) is 10.1. The van der Waals surface area contributed by atoms with E-state index in [0.29, 0.717) is 16.5 Å². The zero-order valence-electron chi connectivity index (χ0n) is 14.2. The fraction of sp³-hybridized carbons (Fsp3) is 0.211. The van der Waals surface area contributed by atoms with Crippen molar-refractivity contribution < 1.29 is 9.18 Å². The molecule has 0 saturated heterocycles. The average molecular weight is 447 g/mol. The van der Waals surface area contributed by atoms with Crippen LogP contribution in [0, 0.1) is 5.82 Å². The van der Waals surface area contributed by atoms with Gasteiger partial charge in [-0.2, -0.15) is 0 Å². The summed E-state index contributed by atoms with van der Waals surface area (Å²) in [7, 11) is 0. The van der Waals surface area contributed by atoms with Crippen molar-refractivity contribution in [3.8, 4) is 11.4 Å². The van der Waals surface area contributed by atoms with E-state index in [1.807, 2.05) is 24.3 Å². The van der Waals surface area contributed by atoms with Crippen LogP contribution in [-0.4, -0.2) is 27.1 Å². The van der Waals surface area contributed by atoms with E-state index in [2.05, 4.69) is 36.4 Å². The zero-order valence-corrected chi connectivity index (χ0v) is 16.6. The second-order valence-electron chi connectivity index (χ2n) is 6.28. The number of aromatic nitrogens is 3. The minimum atomic E-state index is -0.547. The highest BCUT2D eigenvalue weighted by Gasteiger charge is 2.30. The van der Waals surface area contributed by atoms with E-state index in [1.54, 1.807) is 12.1 Å². The highest BCUT2D eigenvalue weighted by molar-refractivity contribution is 9.10. The number of H-pyrrole nitrogens is 1. The largest absolute Gasteiger partial charge is 0.352 e. The van der Waals surface area contributed by atoms with E-state index in [4.69, 9.17) is 0 Å². The molecule has 1 heterocycles. The van der Waals surface area contributed by atoms with Gasteiger partial charge in [-0.05, 0) is 36.6 Å². The Morgan fingerprint density at radius 1 is 1.22 bits per heavy atom. The number of aromatic amines is 1. The van der Waals surface area contributed by atoms with Gasteiger partial charge in [0.1, 0.15) is 11.1 Å². The molecule has 27 heavy (non-hydrogen) atoms. The summed E-state index contributed by atoms with van der Waals surface area (Å²) in [5.41, 5.74) is 1.60. The Morgan fingerprint density at radius 2 is 1.96 bits per heavy atom. The summed E-state index contributed by atoms with van der Waals surface area (Å²) in [5.74, 6) is 0.172. The Bertz CT molecular complexity index is 958. The number of halogens is 2. The predicted octanol–water partition coefficient (Wildman–Crippen LogP) is 4.49. The van der Waals surface area contributed by atoms with Gasteiger partial charge in [-0.1, -0.05) is 58.0 Å². The van der Waals surface area contributed by atoms with Crippen molar-refractivity contribution in [1.82, 2.24) is 20.5 Å². The molecule has 1 aliphatic rings. The van der Waals surface area contributed by atoms with Gasteiger partial charge in [-0.15, -0.1) is 5.10 Å². The summed E-state index contributed by atoms with van der Waals surface area (Å²) in [6.07, 6.45) is 2.00. The number of hydrogen-bond donors (Lipinski definition) is 2. The number of carbonyl (C=O) groups is 1. The maximum Gasteiger partial charge on any atom is 0.238 e. The maximum absolute atomic E-state index is 13.3. The van der Waals surface area contributed by atoms with Crippen LogP contribution >= 0.6 is 27.7 Å². The van der Waals surface area contributed by atoms with Crippen LogP contribution in [0.4, 0.5) is 4.39 Å². The monoisotopic (exact) mass is 446 g/mol. The number of carbonyl (C=O) groups excluding carboxylic acids is 1. The SMILES string of the molecule is O=C(NC1CC1)C(Sc1n[nH]c(-c2ccccc2Br)n1)c1ccc(F)cc1. The van der Waals surface area contributed by atoms with E-state index < -0.39 is 5.25 Å². The molecule has 3 aromatic rings. The van der Waals surface area contributed by atoms with Crippen LogP contribution in [0.15, 0.2) is 58.2 Å². The Hall–Kier alpha value is -2.19. The molecule has 1 fully saturated rings. The molecule has 4 rings (SSSR count). The lowest BCUT2D eigenvalue weighted by Gasteiger charge is -2.15. The molecule has 5 nitrogen and oxygen atoms in total. The fourth-order valence-corrected chi connectivity index (χ4v) is 3.99. The Balaban J connectivity index is 1.58. The molecule has 1 saturated carbocycles. The second-order valence-corrected chi connectivity index (χ2v) is 8.21. The lowest BCUT2D eigenvalue weighted by molar-refractivity contribution is -0.120. The van der Waals surface area contributed by atoms with E-state index in [1.165, 1.54) is 23.9 Å². The van der Waals surface area contributed by atoms with Gasteiger partial charge < -0.3 is 5.32 Å². The molecule has 2 aromatic carbocycles. The lowest BCUT2D eigenvalue weighted by Crippen LogP contribution is -2.29. The topological polar surface area (TPSA) is 70.7 Å². The Morgan fingerprint density at radius 3 is 2.67 bits per heavy atom. The molecular weight excluding hydrogens is 431 g/mol. The van der Waals surface area contributed by atoms with Crippen LogP contribution in [0.5, 0.6) is 0 Å². The molecule has 1 aromatic heterocycles. The molecule has 0 radical (unpaired) electrons. The molecule has 2 N–H and O–H groups in total. The molecule has 8 heteroatoms. The zero-order chi connectivity index (χ0) is 18.8. The van der Waals surface area contributed by atoms with Gasteiger partial charge in [-0.3, -0.25) is 9.89 Å². The number of benzene rings is 2. The summed E-state index contributed by atoms with van der Waals surface area (Å²) in [6, 6.07) is 13.9. The average Bonchev–Trinajstić information content (AvgIpc) is 3.36. The van der Waals surface area contributed by atoms with Crippen LogP contribution in [0.2, 0.25) is 0 Å². The highest BCUT2D eigenvalue weighted by atomic mass is 79.9. The molecule has 1 atom stereocenters. The molecular formula is C19H16BrFN4OS. The minimum absolute atomic E-state index is 0.110. The van der Waals surface area contributed by atoms with Crippen molar-refractivity contribution >= 4 is 33.6 Å². The van der Waals surface area contributed by atoms with Gasteiger partial charge in [0.25, 0.3) is 0 Å². The summed E-state index contributed by atoms with van der Waals surface area (Å²) in [6.45, 7) is 0. The number of hydrogen-bond acceptors (Lipinski definition) is 4. The Kier molecular flexibility index (Phi) is 5.27. The quantitative estimate of drug-likeness (QED) is 0.547. The van der Waals surface area contributed by atoms with Crippen LogP contribution in [0.3, 0.4) is 0 Å². The molecule has 1 aliphatic carbocycles. The first-order chi connectivity index (χ1) is 13.1. The molecule has 0 aliphatic heterocycles. The van der Waals surface area contributed by atoms with E-state index in [0.717, 1.165) is 22.9 Å². The third kappa shape index (κ3) is 4.39. The van der Waals surface area contributed by atoms with Crippen LogP contribution in [0.25, 0.3) is 11.4 Å². The number of nitrogens with one attached hydrogen (secondary N) is 2. The van der Waals surface area contributed by atoms with Crippen molar-refractivity contribution in [2.45, 2.75) is 29.3 Å². The first-order valence-corrected chi connectivity index (χ1v) is 10.2. The number of nitrogens with zero attached hydrogens (tertiary/aromatic N) is 2. The number of amides is 1. The molecule has 1 unspecified atom stereocenters. The van der Waals surface area contributed by atoms with E-state index in [9.17, 15) is 9.18 Å². The van der Waals surface area contributed by atoms with Crippen molar-refractivity contribution in [2.24, 2.45) is 0 Å². The smallest absolute Gasteiger partial charge is 0.238 e. The van der Waals surface area contributed by atoms with Crippen LogP contribution in [-0.2, 0) is 4.79 Å².